The molecule has 0 aliphatic rings. The number of rotatable bonds is 6. The second-order valence-corrected chi connectivity index (χ2v) is 8.10. The first-order chi connectivity index (χ1) is 12.5. The van der Waals surface area contributed by atoms with Crippen LogP contribution < -0.4 is 5.32 Å². The van der Waals surface area contributed by atoms with Crippen LogP contribution in [0.5, 0.6) is 0 Å². The molecule has 3 rings (SSSR count). The molecule has 3 aromatic carbocycles. The minimum atomic E-state index is -0.591. The summed E-state index contributed by atoms with van der Waals surface area (Å²) in [5.41, 5.74) is 2.86. The molecular weight excluding hydrogens is 480 g/mol. The quantitative estimate of drug-likeness (QED) is 0.364. The van der Waals surface area contributed by atoms with E-state index < -0.39 is 6.10 Å². The van der Waals surface area contributed by atoms with Gasteiger partial charge in [-0.05, 0) is 70.1 Å². The lowest BCUT2D eigenvalue weighted by Gasteiger charge is -2.24. The van der Waals surface area contributed by atoms with Crippen molar-refractivity contribution in [3.63, 3.8) is 0 Å². The Morgan fingerprint density at radius 3 is 2.19 bits per heavy atom. The van der Waals surface area contributed by atoms with Gasteiger partial charge in [0.2, 0.25) is 0 Å². The van der Waals surface area contributed by atoms with E-state index in [1.54, 1.807) is 6.07 Å². The van der Waals surface area contributed by atoms with Crippen LogP contribution in [-0.2, 0) is 0 Å². The minimum Gasteiger partial charge on any atom is -0.388 e. The largest absolute Gasteiger partial charge is 0.388 e. The van der Waals surface area contributed by atoms with Gasteiger partial charge in [0, 0.05) is 15.7 Å². The monoisotopic (exact) mass is 497 g/mol. The van der Waals surface area contributed by atoms with E-state index in [0.717, 1.165) is 16.8 Å². The van der Waals surface area contributed by atoms with Crippen molar-refractivity contribution in [2.45, 2.75) is 18.6 Å². The third kappa shape index (κ3) is 5.13. The molecule has 0 aliphatic heterocycles. The molecule has 0 aromatic heterocycles. The molecule has 0 radical (unpaired) electrons. The molecule has 5 heteroatoms. The van der Waals surface area contributed by atoms with Gasteiger partial charge in [0.25, 0.3) is 0 Å². The Labute approximate surface area is 177 Å². The van der Waals surface area contributed by atoms with E-state index in [4.69, 9.17) is 23.2 Å². The molecule has 2 unspecified atom stereocenters. The molecule has 2 atom stereocenters. The first kappa shape index (κ1) is 19.5. The van der Waals surface area contributed by atoms with Crippen LogP contribution >= 0.6 is 45.8 Å². The Morgan fingerprint density at radius 2 is 1.54 bits per heavy atom. The van der Waals surface area contributed by atoms with Gasteiger partial charge in [0.1, 0.15) is 0 Å². The topological polar surface area (TPSA) is 32.3 Å². The molecule has 0 amide bonds. The highest BCUT2D eigenvalue weighted by atomic mass is 127. The summed E-state index contributed by atoms with van der Waals surface area (Å²) in [6.45, 7) is 0. The summed E-state index contributed by atoms with van der Waals surface area (Å²) in [7, 11) is 0. The molecule has 0 saturated heterocycles. The fourth-order valence-electron chi connectivity index (χ4n) is 2.79. The van der Waals surface area contributed by atoms with Crippen LogP contribution in [0.25, 0.3) is 0 Å². The zero-order valence-corrected chi connectivity index (χ0v) is 17.5. The maximum atomic E-state index is 10.7. The molecule has 0 heterocycles. The summed E-state index contributed by atoms with van der Waals surface area (Å²) in [5.74, 6) is 0. The number of nitrogens with one attached hydrogen (secondary N) is 1. The molecular formula is C21H18Cl2INO. The third-order valence-electron chi connectivity index (χ3n) is 4.17. The molecule has 0 fully saturated rings. The second kappa shape index (κ2) is 9.09. The molecule has 0 spiro atoms. The van der Waals surface area contributed by atoms with Gasteiger partial charge >= 0.3 is 0 Å². The van der Waals surface area contributed by atoms with E-state index in [2.05, 4.69) is 27.9 Å². The molecule has 26 heavy (non-hydrogen) atoms. The fourth-order valence-corrected chi connectivity index (χ4v) is 3.46. The standard InChI is InChI=1S/C21H18Cl2INO/c22-18-11-6-15(12-19(18)23)20(25-17-9-7-16(24)8-10-17)13-21(26)14-4-2-1-3-5-14/h1-12,20-21,25-26H,13H2. The summed E-state index contributed by atoms with van der Waals surface area (Å²) in [6, 6.07) is 23.3. The molecule has 2 nitrogen and oxygen atoms in total. The number of hydrogen-bond donors (Lipinski definition) is 2. The van der Waals surface area contributed by atoms with Gasteiger partial charge in [-0.25, -0.2) is 0 Å². The zero-order chi connectivity index (χ0) is 18.5. The highest BCUT2D eigenvalue weighted by Crippen LogP contribution is 2.33. The average Bonchev–Trinajstić information content (AvgIpc) is 2.66. The van der Waals surface area contributed by atoms with Crippen molar-refractivity contribution in [2.24, 2.45) is 0 Å². The Hall–Kier alpha value is -1.27. The van der Waals surface area contributed by atoms with Crippen LogP contribution in [0.4, 0.5) is 5.69 Å². The molecule has 3 aromatic rings. The van der Waals surface area contributed by atoms with E-state index in [9.17, 15) is 5.11 Å². The molecule has 0 saturated carbocycles. The summed E-state index contributed by atoms with van der Waals surface area (Å²) in [5, 5.41) is 15.2. The van der Waals surface area contributed by atoms with Crippen molar-refractivity contribution in [3.05, 3.63) is 97.5 Å². The maximum Gasteiger partial charge on any atom is 0.0812 e. The van der Waals surface area contributed by atoms with E-state index in [1.807, 2.05) is 66.7 Å². The normalized spacial score (nSPS) is 13.2. The van der Waals surface area contributed by atoms with E-state index in [-0.39, 0.29) is 6.04 Å². The maximum absolute atomic E-state index is 10.7. The van der Waals surface area contributed by atoms with Gasteiger partial charge in [-0.2, -0.15) is 0 Å². The number of anilines is 1. The van der Waals surface area contributed by atoms with Crippen LogP contribution in [0.2, 0.25) is 10.0 Å². The van der Waals surface area contributed by atoms with E-state index in [0.29, 0.717) is 16.5 Å². The van der Waals surface area contributed by atoms with E-state index in [1.165, 1.54) is 3.57 Å². The smallest absolute Gasteiger partial charge is 0.0812 e. The lowest BCUT2D eigenvalue weighted by molar-refractivity contribution is 0.160. The van der Waals surface area contributed by atoms with E-state index >= 15 is 0 Å². The number of halogens is 3. The van der Waals surface area contributed by atoms with Crippen molar-refractivity contribution < 1.29 is 5.11 Å². The summed E-state index contributed by atoms with van der Waals surface area (Å²) < 4.78 is 1.17. The van der Waals surface area contributed by atoms with Crippen LogP contribution in [0.1, 0.15) is 29.7 Å². The fraction of sp³-hybridized carbons (Fsp3) is 0.143. The predicted octanol–water partition coefficient (Wildman–Crippen LogP) is 6.87. The Bertz CT molecular complexity index is 856. The van der Waals surface area contributed by atoms with Gasteiger partial charge in [-0.1, -0.05) is 59.6 Å². The molecule has 0 aliphatic carbocycles. The average molecular weight is 498 g/mol. The Morgan fingerprint density at radius 1 is 0.846 bits per heavy atom. The second-order valence-electron chi connectivity index (χ2n) is 6.04. The van der Waals surface area contributed by atoms with Gasteiger partial charge in [-0.3, -0.25) is 0 Å². The van der Waals surface area contributed by atoms with Crippen LogP contribution in [-0.4, -0.2) is 5.11 Å². The number of hydrogen-bond acceptors (Lipinski definition) is 2. The molecule has 2 N–H and O–H groups in total. The van der Waals surface area contributed by atoms with Gasteiger partial charge < -0.3 is 10.4 Å². The first-order valence-electron chi connectivity index (χ1n) is 8.23. The highest BCUT2D eigenvalue weighted by Gasteiger charge is 2.19. The molecule has 134 valence electrons. The molecule has 0 bridgehead atoms. The zero-order valence-electron chi connectivity index (χ0n) is 13.9. The van der Waals surface area contributed by atoms with Crippen LogP contribution in [0.3, 0.4) is 0 Å². The third-order valence-corrected chi connectivity index (χ3v) is 5.63. The van der Waals surface area contributed by atoms with Crippen molar-refractivity contribution >= 4 is 51.5 Å². The SMILES string of the molecule is OC(CC(Nc1ccc(I)cc1)c1ccc(Cl)c(Cl)c1)c1ccccc1. The minimum absolute atomic E-state index is 0.111. The van der Waals surface area contributed by atoms with Gasteiger partial charge in [0.15, 0.2) is 0 Å². The van der Waals surface area contributed by atoms with Crippen molar-refractivity contribution in [3.8, 4) is 0 Å². The predicted molar refractivity (Wildman–Crippen MR) is 118 cm³/mol. The summed E-state index contributed by atoms with van der Waals surface area (Å²) in [6.07, 6.45) is -0.0828. The van der Waals surface area contributed by atoms with Crippen molar-refractivity contribution in [1.82, 2.24) is 0 Å². The number of aliphatic hydroxyl groups is 1. The van der Waals surface area contributed by atoms with Gasteiger partial charge in [-0.15, -0.1) is 0 Å². The van der Waals surface area contributed by atoms with Gasteiger partial charge in [0.05, 0.1) is 22.2 Å². The summed E-state index contributed by atoms with van der Waals surface area (Å²) >= 11 is 14.6. The number of aliphatic hydroxyl groups excluding tert-OH is 1. The van der Waals surface area contributed by atoms with Crippen LogP contribution in [0.15, 0.2) is 72.8 Å². The summed E-state index contributed by atoms with van der Waals surface area (Å²) in [4.78, 5) is 0. The number of benzene rings is 3. The Balaban J connectivity index is 1.87. The first-order valence-corrected chi connectivity index (χ1v) is 10.1. The lowest BCUT2D eigenvalue weighted by atomic mass is 9.96. The Kier molecular flexibility index (Phi) is 6.81. The van der Waals surface area contributed by atoms with Crippen molar-refractivity contribution in [1.29, 1.82) is 0 Å². The highest BCUT2D eigenvalue weighted by molar-refractivity contribution is 14.1. The van der Waals surface area contributed by atoms with Crippen LogP contribution in [0, 0.1) is 3.57 Å². The van der Waals surface area contributed by atoms with Crippen molar-refractivity contribution in [2.75, 3.05) is 5.32 Å². The lowest BCUT2D eigenvalue weighted by Crippen LogP contribution is -2.15.